The Morgan fingerprint density at radius 3 is 2.29 bits per heavy atom. The third kappa shape index (κ3) is 2.90. The lowest BCUT2D eigenvalue weighted by Gasteiger charge is -2.48. The summed E-state index contributed by atoms with van der Waals surface area (Å²) in [6.45, 7) is 0. The zero-order valence-corrected chi connectivity index (χ0v) is 18.0. The average molecular weight is 445 g/mol. The number of amides is 1. The number of para-hydroxylation sites is 1. The molecule has 1 spiro atoms. The number of fused-ring (bicyclic) bond motifs is 2. The van der Waals surface area contributed by atoms with Gasteiger partial charge in [0.2, 0.25) is 0 Å². The van der Waals surface area contributed by atoms with Crippen LogP contribution < -0.4 is 9.96 Å². The second-order valence-electron chi connectivity index (χ2n) is 7.42. The smallest absolute Gasteiger partial charge is 0.352 e. The summed E-state index contributed by atoms with van der Waals surface area (Å²) in [4.78, 5) is 46.7. The molecular formula is C22H21ClN2O6. The monoisotopic (exact) mass is 444 g/mol. The second kappa shape index (κ2) is 7.55. The number of esters is 2. The molecule has 1 amide bonds. The van der Waals surface area contributed by atoms with E-state index in [1.807, 2.05) is 0 Å². The number of carbonyl (C=O) groups excluding carboxylic acids is 3. The van der Waals surface area contributed by atoms with E-state index in [0.29, 0.717) is 22.0 Å². The van der Waals surface area contributed by atoms with Gasteiger partial charge in [0, 0.05) is 29.7 Å². The van der Waals surface area contributed by atoms with Crippen molar-refractivity contribution in [2.24, 2.45) is 0 Å². The van der Waals surface area contributed by atoms with Gasteiger partial charge in [-0.15, -0.1) is 0 Å². The molecule has 0 saturated carbocycles. The Morgan fingerprint density at radius 1 is 1.03 bits per heavy atom. The Kier molecular flexibility index (Phi) is 5.15. The van der Waals surface area contributed by atoms with E-state index in [-0.39, 0.29) is 18.7 Å². The van der Waals surface area contributed by atoms with E-state index < -0.39 is 23.1 Å². The highest BCUT2D eigenvalue weighted by Gasteiger charge is 2.65. The van der Waals surface area contributed by atoms with Crippen molar-refractivity contribution in [2.45, 2.75) is 24.0 Å². The molecule has 9 heteroatoms. The number of hydroxylamine groups is 1. The van der Waals surface area contributed by atoms with E-state index in [2.05, 4.69) is 0 Å². The molecule has 1 atom stereocenters. The topological polar surface area (TPSA) is 85.4 Å². The van der Waals surface area contributed by atoms with Gasteiger partial charge in [0.1, 0.15) is 0 Å². The van der Waals surface area contributed by atoms with Crippen LogP contribution in [0.1, 0.15) is 18.4 Å². The number of ether oxygens (including phenoxy) is 2. The van der Waals surface area contributed by atoms with Crippen LogP contribution in [0, 0.1) is 0 Å². The van der Waals surface area contributed by atoms with Gasteiger partial charge in [0.05, 0.1) is 19.9 Å². The van der Waals surface area contributed by atoms with Crippen molar-refractivity contribution in [2.75, 3.05) is 31.2 Å². The number of hydrogen-bond acceptors (Lipinski definition) is 7. The van der Waals surface area contributed by atoms with Crippen LogP contribution in [0.25, 0.3) is 0 Å². The standard InChI is InChI=1S/C22H21ClN2O6/c1-24-17-10-9-14(23)13-16(17)21(18(24)26)11-12-22(19(27)29-2,20(28)30-3)31-25(21)15-7-5-4-6-8-15/h4-10,13H,11-12H2,1-3H3. The summed E-state index contributed by atoms with van der Waals surface area (Å²) >= 11 is 6.28. The Labute approximate surface area is 184 Å². The molecule has 0 radical (unpaired) electrons. The number of likely N-dealkylation sites (N-methyl/N-ethyl adjacent to an activating group) is 1. The lowest BCUT2D eigenvalue weighted by molar-refractivity contribution is -0.204. The summed E-state index contributed by atoms with van der Waals surface area (Å²) in [5.74, 6) is -2.07. The van der Waals surface area contributed by atoms with Crippen LogP contribution in [-0.4, -0.2) is 44.7 Å². The van der Waals surface area contributed by atoms with Gasteiger partial charge in [-0.3, -0.25) is 4.79 Å². The van der Waals surface area contributed by atoms with Gasteiger partial charge in [0.25, 0.3) is 11.5 Å². The third-order valence-corrected chi connectivity index (χ3v) is 6.11. The zero-order valence-electron chi connectivity index (χ0n) is 17.3. The number of anilines is 2. The van der Waals surface area contributed by atoms with E-state index in [4.69, 9.17) is 25.9 Å². The highest BCUT2D eigenvalue weighted by molar-refractivity contribution is 6.31. The van der Waals surface area contributed by atoms with Gasteiger partial charge >= 0.3 is 11.9 Å². The Morgan fingerprint density at radius 2 is 1.68 bits per heavy atom. The van der Waals surface area contributed by atoms with E-state index in [1.165, 1.54) is 9.96 Å². The summed E-state index contributed by atoms with van der Waals surface area (Å²) in [7, 11) is 3.99. The largest absolute Gasteiger partial charge is 0.466 e. The lowest BCUT2D eigenvalue weighted by Crippen LogP contribution is -2.65. The van der Waals surface area contributed by atoms with Crippen molar-refractivity contribution in [3.63, 3.8) is 0 Å². The van der Waals surface area contributed by atoms with Crippen LogP contribution in [0.4, 0.5) is 11.4 Å². The van der Waals surface area contributed by atoms with Crippen molar-refractivity contribution in [3.05, 3.63) is 59.1 Å². The summed E-state index contributed by atoms with van der Waals surface area (Å²) in [6, 6.07) is 14.0. The molecule has 162 valence electrons. The van der Waals surface area contributed by atoms with Crippen molar-refractivity contribution in [3.8, 4) is 0 Å². The molecule has 2 aromatic rings. The summed E-state index contributed by atoms with van der Waals surface area (Å²) in [5.41, 5.74) is -1.61. The molecule has 1 saturated heterocycles. The molecule has 2 aromatic carbocycles. The molecule has 2 aliphatic heterocycles. The Bertz CT molecular complexity index is 1040. The molecule has 0 N–H and O–H groups in total. The van der Waals surface area contributed by atoms with Crippen LogP contribution in [0.15, 0.2) is 48.5 Å². The van der Waals surface area contributed by atoms with Crippen molar-refractivity contribution >= 4 is 40.8 Å². The number of benzene rings is 2. The maximum Gasteiger partial charge on any atom is 0.352 e. The lowest BCUT2D eigenvalue weighted by atomic mass is 9.80. The van der Waals surface area contributed by atoms with Gasteiger partial charge < -0.3 is 14.4 Å². The van der Waals surface area contributed by atoms with E-state index in [0.717, 1.165) is 14.2 Å². The van der Waals surface area contributed by atoms with Gasteiger partial charge in [0.15, 0.2) is 5.54 Å². The van der Waals surface area contributed by atoms with Crippen LogP contribution in [-0.2, 0) is 34.2 Å². The third-order valence-electron chi connectivity index (χ3n) is 5.88. The molecule has 0 bridgehead atoms. The molecule has 0 aliphatic carbocycles. The van der Waals surface area contributed by atoms with Gasteiger partial charge in [-0.25, -0.2) is 19.5 Å². The fraction of sp³-hybridized carbons (Fsp3) is 0.318. The maximum absolute atomic E-state index is 13.7. The quantitative estimate of drug-likeness (QED) is 0.531. The first-order chi connectivity index (χ1) is 14.8. The normalized spacial score (nSPS) is 21.7. The van der Waals surface area contributed by atoms with Crippen LogP contribution in [0.3, 0.4) is 0 Å². The molecule has 8 nitrogen and oxygen atoms in total. The molecule has 1 fully saturated rings. The molecule has 4 rings (SSSR count). The molecule has 31 heavy (non-hydrogen) atoms. The zero-order chi connectivity index (χ0) is 22.4. The highest BCUT2D eigenvalue weighted by atomic mass is 35.5. The summed E-state index contributed by atoms with van der Waals surface area (Å²) in [5, 5.41) is 1.78. The number of carbonyl (C=O) groups is 3. The number of halogens is 1. The van der Waals surface area contributed by atoms with Crippen LogP contribution in [0.2, 0.25) is 5.02 Å². The summed E-state index contributed by atoms with van der Waals surface area (Å²) < 4.78 is 9.76. The number of methoxy groups -OCH3 is 2. The van der Waals surface area contributed by atoms with Crippen LogP contribution in [0.5, 0.6) is 0 Å². The van der Waals surface area contributed by atoms with Gasteiger partial charge in [-0.1, -0.05) is 29.8 Å². The molecule has 2 aliphatic rings. The Hall–Kier alpha value is -3.10. The number of rotatable bonds is 3. The minimum Gasteiger partial charge on any atom is -0.466 e. The first-order valence-electron chi connectivity index (χ1n) is 9.61. The van der Waals surface area contributed by atoms with E-state index in [1.54, 1.807) is 55.6 Å². The van der Waals surface area contributed by atoms with Crippen molar-refractivity contribution in [1.29, 1.82) is 0 Å². The average Bonchev–Trinajstić information content (AvgIpc) is 3.01. The maximum atomic E-state index is 13.7. The number of nitrogens with zero attached hydrogens (tertiary/aromatic N) is 2. The molecule has 1 unspecified atom stereocenters. The number of hydrogen-bond donors (Lipinski definition) is 0. The van der Waals surface area contributed by atoms with E-state index >= 15 is 0 Å². The van der Waals surface area contributed by atoms with E-state index in [9.17, 15) is 14.4 Å². The minimum atomic E-state index is -2.05. The van der Waals surface area contributed by atoms with Crippen molar-refractivity contribution < 1.29 is 28.7 Å². The fourth-order valence-electron chi connectivity index (χ4n) is 4.34. The van der Waals surface area contributed by atoms with Crippen molar-refractivity contribution in [1.82, 2.24) is 0 Å². The first kappa shape index (κ1) is 21.1. The Balaban J connectivity index is 1.95. The molecule has 2 heterocycles. The summed E-state index contributed by atoms with van der Waals surface area (Å²) in [6.07, 6.45) is -0.0379. The highest BCUT2D eigenvalue weighted by Crippen LogP contribution is 2.53. The second-order valence-corrected chi connectivity index (χ2v) is 7.85. The fourth-order valence-corrected chi connectivity index (χ4v) is 4.51. The predicted molar refractivity (Wildman–Crippen MR) is 113 cm³/mol. The molecular weight excluding hydrogens is 424 g/mol. The predicted octanol–water partition coefficient (Wildman–Crippen LogP) is 2.83. The minimum absolute atomic E-state index is 0.0859. The van der Waals surface area contributed by atoms with Gasteiger partial charge in [-0.05, 0) is 36.8 Å². The van der Waals surface area contributed by atoms with Gasteiger partial charge in [-0.2, -0.15) is 0 Å². The molecule has 0 aromatic heterocycles. The van der Waals surface area contributed by atoms with Crippen LogP contribution >= 0.6 is 11.6 Å². The first-order valence-corrected chi connectivity index (χ1v) is 9.99. The SMILES string of the molecule is COC(=O)C1(C(=O)OC)CCC2(C(=O)N(C)c3ccc(Cl)cc32)N(c2ccccc2)O1.